The Morgan fingerprint density at radius 1 is 1.43 bits per heavy atom. The first-order valence-electron chi connectivity index (χ1n) is 3.55. The number of hydrogen-bond donors (Lipinski definition) is 2. The smallest absolute Gasteiger partial charge is 0.311 e. The Bertz CT molecular complexity index is 518. The van der Waals surface area contributed by atoms with Gasteiger partial charge in [0.25, 0.3) is 5.88 Å². The second-order valence-electron chi connectivity index (χ2n) is 2.60. The lowest BCUT2D eigenvalue weighted by Crippen LogP contribution is -1.87. The molecule has 0 spiro atoms. The summed E-state index contributed by atoms with van der Waals surface area (Å²) in [5.74, 6) is -0.971. The molecule has 0 saturated carbocycles. The molecule has 1 aromatic carbocycles. The summed E-state index contributed by atoms with van der Waals surface area (Å²) in [7, 11) is 0. The van der Waals surface area contributed by atoms with Crippen LogP contribution in [-0.4, -0.2) is 20.3 Å². The predicted octanol–water partition coefficient (Wildman–Crippen LogP) is 1.15. The van der Waals surface area contributed by atoms with Gasteiger partial charge in [0.1, 0.15) is 0 Å². The molecule has 1 heterocycles. The van der Waals surface area contributed by atoms with Crippen LogP contribution in [0.15, 0.2) is 16.7 Å². The molecule has 7 heteroatoms. The van der Waals surface area contributed by atoms with Crippen molar-refractivity contribution in [3.8, 4) is 11.6 Å². The molecule has 1 aromatic heterocycles. The molecule has 0 aliphatic rings. The number of fused-ring (bicyclic) bond motifs is 1. The summed E-state index contributed by atoms with van der Waals surface area (Å²) in [5.41, 5.74) is -0.415. The van der Waals surface area contributed by atoms with E-state index in [4.69, 9.17) is 5.11 Å². The third-order valence-corrected chi connectivity index (χ3v) is 1.74. The van der Waals surface area contributed by atoms with Crippen molar-refractivity contribution in [2.45, 2.75) is 0 Å². The van der Waals surface area contributed by atoms with E-state index in [0.29, 0.717) is 0 Å². The third-order valence-electron chi connectivity index (χ3n) is 1.74. The fourth-order valence-electron chi connectivity index (χ4n) is 1.10. The minimum Gasteiger partial charge on any atom is -0.502 e. The molecule has 72 valence electrons. The van der Waals surface area contributed by atoms with Gasteiger partial charge in [0.2, 0.25) is 0 Å². The maximum absolute atomic E-state index is 10.4. The maximum atomic E-state index is 10.4. The second kappa shape index (κ2) is 2.59. The molecular formula is C7H4N2O5. The number of benzene rings is 1. The third kappa shape index (κ3) is 1.03. The molecule has 0 unspecified atom stereocenters. The van der Waals surface area contributed by atoms with Gasteiger partial charge in [-0.3, -0.25) is 10.1 Å². The van der Waals surface area contributed by atoms with Gasteiger partial charge in [-0.1, -0.05) is 0 Å². The van der Waals surface area contributed by atoms with Crippen LogP contribution in [0, 0.1) is 10.1 Å². The fraction of sp³-hybridized carbons (Fsp3) is 0. The molecular weight excluding hydrogens is 192 g/mol. The Balaban J connectivity index is 2.80. The van der Waals surface area contributed by atoms with Crippen LogP contribution < -0.4 is 0 Å². The van der Waals surface area contributed by atoms with E-state index >= 15 is 0 Å². The Labute approximate surface area is 76.3 Å². The van der Waals surface area contributed by atoms with E-state index in [1.54, 1.807) is 0 Å². The second-order valence-corrected chi connectivity index (χ2v) is 2.60. The number of aromatic hydroxyl groups is 2. The van der Waals surface area contributed by atoms with Crippen molar-refractivity contribution < 1.29 is 19.7 Å². The Morgan fingerprint density at radius 3 is 2.79 bits per heavy atom. The highest BCUT2D eigenvalue weighted by molar-refractivity contribution is 5.86. The molecule has 0 fully saturated rings. The molecule has 2 aromatic rings. The summed E-state index contributed by atoms with van der Waals surface area (Å²) in [4.78, 5) is 9.65. The topological polar surface area (TPSA) is 110 Å². The number of hydrogen-bond acceptors (Lipinski definition) is 6. The van der Waals surface area contributed by atoms with Crippen LogP contribution in [0.25, 0.3) is 11.0 Å². The molecule has 0 aliphatic carbocycles. The first kappa shape index (κ1) is 8.30. The fourth-order valence-corrected chi connectivity index (χ4v) is 1.10. The van der Waals surface area contributed by atoms with Crippen molar-refractivity contribution in [1.29, 1.82) is 0 Å². The number of nitro benzene ring substituents is 1. The average Bonchev–Trinajstić information content (AvgIpc) is 2.46. The van der Waals surface area contributed by atoms with Gasteiger partial charge in [-0.05, 0) is 5.16 Å². The van der Waals surface area contributed by atoms with Gasteiger partial charge < -0.3 is 14.7 Å². The zero-order chi connectivity index (χ0) is 10.3. The van der Waals surface area contributed by atoms with E-state index in [1.807, 2.05) is 0 Å². The number of rotatable bonds is 1. The first-order chi connectivity index (χ1) is 6.59. The minimum absolute atomic E-state index is 0.0885. The van der Waals surface area contributed by atoms with E-state index in [1.165, 1.54) is 0 Å². The molecule has 2 rings (SSSR count). The molecule has 0 radical (unpaired) electrons. The van der Waals surface area contributed by atoms with E-state index in [0.717, 1.165) is 12.1 Å². The maximum Gasteiger partial charge on any atom is 0.311 e. The summed E-state index contributed by atoms with van der Waals surface area (Å²) in [6.07, 6.45) is 0. The standard InChI is InChI=1S/C7H4N2O5/c10-5-2-6-3(7(11)8-14-6)1-4(5)9(12)13/h1-2,10H,(H,8,11). The van der Waals surface area contributed by atoms with Crippen molar-refractivity contribution in [3.63, 3.8) is 0 Å². The number of nitro groups is 1. The molecule has 14 heavy (non-hydrogen) atoms. The number of phenolic OH excluding ortho intramolecular Hbond substituents is 1. The molecule has 0 atom stereocenters. The molecule has 2 N–H and O–H groups in total. The largest absolute Gasteiger partial charge is 0.502 e. The van der Waals surface area contributed by atoms with Crippen molar-refractivity contribution in [2.75, 3.05) is 0 Å². The predicted molar refractivity (Wildman–Crippen MR) is 44.0 cm³/mol. The van der Waals surface area contributed by atoms with Crippen LogP contribution in [-0.2, 0) is 0 Å². The summed E-state index contributed by atoms with van der Waals surface area (Å²) < 4.78 is 4.58. The highest BCUT2D eigenvalue weighted by Crippen LogP contribution is 2.34. The lowest BCUT2D eigenvalue weighted by atomic mass is 10.2. The highest BCUT2D eigenvalue weighted by Gasteiger charge is 2.18. The Morgan fingerprint density at radius 2 is 2.14 bits per heavy atom. The quantitative estimate of drug-likeness (QED) is 0.522. The number of nitrogens with zero attached hydrogens (tertiary/aromatic N) is 2. The normalized spacial score (nSPS) is 10.6. The van der Waals surface area contributed by atoms with Gasteiger partial charge in [-0.25, -0.2) is 0 Å². The zero-order valence-electron chi connectivity index (χ0n) is 6.67. The SMILES string of the molecule is O=[N+]([O-])c1cc2c(O)noc2cc1O. The summed E-state index contributed by atoms with van der Waals surface area (Å²) in [6, 6.07) is 2.02. The van der Waals surface area contributed by atoms with E-state index in [9.17, 15) is 15.2 Å². The summed E-state index contributed by atoms with van der Waals surface area (Å²) in [5, 5.41) is 32.0. The average molecular weight is 196 g/mol. The monoisotopic (exact) mass is 196 g/mol. The van der Waals surface area contributed by atoms with Crippen molar-refractivity contribution >= 4 is 16.7 Å². The van der Waals surface area contributed by atoms with Gasteiger partial charge in [0.05, 0.1) is 10.3 Å². The van der Waals surface area contributed by atoms with Crippen LogP contribution in [0.5, 0.6) is 11.6 Å². The van der Waals surface area contributed by atoms with E-state index in [2.05, 4.69) is 9.68 Å². The van der Waals surface area contributed by atoms with Gasteiger partial charge in [0, 0.05) is 12.1 Å². The van der Waals surface area contributed by atoms with E-state index in [-0.39, 0.29) is 11.0 Å². The molecule has 0 amide bonds. The molecule has 0 bridgehead atoms. The van der Waals surface area contributed by atoms with E-state index < -0.39 is 22.2 Å². The van der Waals surface area contributed by atoms with Crippen molar-refractivity contribution in [2.24, 2.45) is 0 Å². The lowest BCUT2D eigenvalue weighted by molar-refractivity contribution is -0.385. The zero-order valence-corrected chi connectivity index (χ0v) is 6.67. The molecule has 0 saturated heterocycles. The van der Waals surface area contributed by atoms with Crippen molar-refractivity contribution in [1.82, 2.24) is 5.16 Å². The Kier molecular flexibility index (Phi) is 1.53. The Hall–Kier alpha value is -2.31. The van der Waals surface area contributed by atoms with Gasteiger partial charge in [0.15, 0.2) is 11.3 Å². The van der Waals surface area contributed by atoms with Crippen LogP contribution in [0.4, 0.5) is 5.69 Å². The van der Waals surface area contributed by atoms with Crippen LogP contribution in [0.2, 0.25) is 0 Å². The van der Waals surface area contributed by atoms with Crippen LogP contribution in [0.3, 0.4) is 0 Å². The highest BCUT2D eigenvalue weighted by atomic mass is 16.6. The lowest BCUT2D eigenvalue weighted by Gasteiger charge is -1.94. The minimum atomic E-state index is -0.763. The molecule has 7 nitrogen and oxygen atoms in total. The molecule has 0 aliphatic heterocycles. The van der Waals surface area contributed by atoms with Crippen LogP contribution in [0.1, 0.15) is 0 Å². The van der Waals surface area contributed by atoms with Gasteiger partial charge in [-0.15, -0.1) is 0 Å². The van der Waals surface area contributed by atoms with Gasteiger partial charge in [-0.2, -0.15) is 0 Å². The van der Waals surface area contributed by atoms with Gasteiger partial charge >= 0.3 is 5.69 Å². The first-order valence-corrected chi connectivity index (χ1v) is 3.55. The van der Waals surface area contributed by atoms with Crippen LogP contribution >= 0.6 is 0 Å². The number of aromatic nitrogens is 1. The summed E-state index contributed by atoms with van der Waals surface area (Å²) >= 11 is 0. The summed E-state index contributed by atoms with van der Waals surface area (Å²) in [6.45, 7) is 0. The number of phenols is 1. The van der Waals surface area contributed by atoms with Crippen molar-refractivity contribution in [3.05, 3.63) is 22.2 Å².